The summed E-state index contributed by atoms with van der Waals surface area (Å²) in [6.45, 7) is 2.09. The molecule has 2 heterocycles. The second-order valence-electron chi connectivity index (χ2n) is 5.94. The van der Waals surface area contributed by atoms with E-state index in [0.717, 1.165) is 25.9 Å². The highest BCUT2D eigenvalue weighted by atomic mass is 35.5. The van der Waals surface area contributed by atoms with Gasteiger partial charge in [0.15, 0.2) is 9.84 Å². The average Bonchev–Trinajstić information content (AvgIpc) is 2.65. The van der Waals surface area contributed by atoms with E-state index < -0.39 is 21.3 Å². The molecule has 2 rings (SSSR count). The van der Waals surface area contributed by atoms with E-state index in [-0.39, 0.29) is 17.4 Å². The standard InChI is InChI=1S/C13H24ClN3O3S/c1-15-6-10-4-2-3-5-17(10)7-13(18)16-12-9-21(19,20)8-11(12)14/h10-12,15H,2-9H2,1H3,(H,16,18). The van der Waals surface area contributed by atoms with E-state index in [1.165, 1.54) is 6.42 Å². The summed E-state index contributed by atoms with van der Waals surface area (Å²) in [5, 5.41) is 5.42. The Morgan fingerprint density at radius 1 is 1.33 bits per heavy atom. The third kappa shape index (κ3) is 4.81. The van der Waals surface area contributed by atoms with Gasteiger partial charge in [-0.15, -0.1) is 11.6 Å². The number of hydrogen-bond acceptors (Lipinski definition) is 5. The number of nitrogens with zero attached hydrogens (tertiary/aromatic N) is 1. The van der Waals surface area contributed by atoms with Crippen LogP contribution in [0.4, 0.5) is 0 Å². The van der Waals surface area contributed by atoms with E-state index in [4.69, 9.17) is 11.6 Å². The van der Waals surface area contributed by atoms with E-state index in [2.05, 4.69) is 15.5 Å². The molecule has 2 aliphatic heterocycles. The van der Waals surface area contributed by atoms with Gasteiger partial charge in [0.05, 0.1) is 29.5 Å². The van der Waals surface area contributed by atoms with Crippen LogP contribution in [0, 0.1) is 0 Å². The summed E-state index contributed by atoms with van der Waals surface area (Å²) in [4.78, 5) is 14.3. The Morgan fingerprint density at radius 2 is 2.10 bits per heavy atom. The van der Waals surface area contributed by atoms with Crippen molar-refractivity contribution >= 4 is 27.3 Å². The van der Waals surface area contributed by atoms with Gasteiger partial charge in [0.2, 0.25) is 5.91 Å². The second kappa shape index (κ2) is 7.26. The number of likely N-dealkylation sites (N-methyl/N-ethyl adjacent to an activating group) is 1. The summed E-state index contributed by atoms with van der Waals surface area (Å²) in [5.41, 5.74) is 0. The maximum absolute atomic E-state index is 12.1. The highest BCUT2D eigenvalue weighted by molar-refractivity contribution is 7.91. The summed E-state index contributed by atoms with van der Waals surface area (Å²) in [6, 6.07) is -0.0923. The van der Waals surface area contributed by atoms with Crippen molar-refractivity contribution in [3.63, 3.8) is 0 Å². The van der Waals surface area contributed by atoms with Gasteiger partial charge in [0.25, 0.3) is 0 Å². The molecule has 8 heteroatoms. The number of hydrogen-bond donors (Lipinski definition) is 2. The summed E-state index contributed by atoms with van der Waals surface area (Å²) in [7, 11) is -1.20. The molecule has 3 unspecified atom stereocenters. The van der Waals surface area contributed by atoms with Crippen LogP contribution in [-0.4, -0.2) is 74.9 Å². The highest BCUT2D eigenvalue weighted by Crippen LogP contribution is 2.19. The lowest BCUT2D eigenvalue weighted by Gasteiger charge is -2.35. The molecule has 2 aliphatic rings. The topological polar surface area (TPSA) is 78.5 Å². The van der Waals surface area contributed by atoms with Crippen LogP contribution in [0.5, 0.6) is 0 Å². The Kier molecular flexibility index (Phi) is 5.88. The number of sulfone groups is 1. The Bertz CT molecular complexity index is 469. The molecular weight excluding hydrogens is 314 g/mol. The third-order valence-corrected chi connectivity index (χ3v) is 6.54. The SMILES string of the molecule is CNCC1CCCCN1CC(=O)NC1CS(=O)(=O)CC1Cl. The molecule has 0 aromatic heterocycles. The lowest BCUT2D eigenvalue weighted by molar-refractivity contribution is -0.123. The van der Waals surface area contributed by atoms with Crippen molar-refractivity contribution in [2.45, 2.75) is 36.7 Å². The molecule has 21 heavy (non-hydrogen) atoms. The fraction of sp³-hybridized carbons (Fsp3) is 0.923. The van der Waals surface area contributed by atoms with Crippen LogP contribution in [0.3, 0.4) is 0 Å². The summed E-state index contributed by atoms with van der Waals surface area (Å²) < 4.78 is 23.0. The lowest BCUT2D eigenvalue weighted by Crippen LogP contribution is -2.51. The smallest absolute Gasteiger partial charge is 0.234 e. The van der Waals surface area contributed by atoms with Crippen molar-refractivity contribution in [3.8, 4) is 0 Å². The van der Waals surface area contributed by atoms with Gasteiger partial charge in [-0.1, -0.05) is 6.42 Å². The molecule has 3 atom stereocenters. The largest absolute Gasteiger partial charge is 0.350 e. The van der Waals surface area contributed by atoms with Crippen LogP contribution in [-0.2, 0) is 14.6 Å². The van der Waals surface area contributed by atoms with Gasteiger partial charge in [-0.25, -0.2) is 8.42 Å². The van der Waals surface area contributed by atoms with Gasteiger partial charge in [-0.05, 0) is 26.4 Å². The van der Waals surface area contributed by atoms with Crippen LogP contribution >= 0.6 is 11.6 Å². The minimum Gasteiger partial charge on any atom is -0.350 e. The van der Waals surface area contributed by atoms with Crippen LogP contribution in [0.1, 0.15) is 19.3 Å². The second-order valence-corrected chi connectivity index (χ2v) is 8.66. The fourth-order valence-electron chi connectivity index (χ4n) is 3.11. The molecule has 0 aromatic rings. The number of amides is 1. The lowest BCUT2D eigenvalue weighted by atomic mass is 10.0. The molecule has 0 bridgehead atoms. The normalized spacial score (nSPS) is 33.0. The Labute approximate surface area is 131 Å². The predicted molar refractivity (Wildman–Crippen MR) is 83.4 cm³/mol. The van der Waals surface area contributed by atoms with Crippen molar-refractivity contribution in [3.05, 3.63) is 0 Å². The van der Waals surface area contributed by atoms with Crippen molar-refractivity contribution in [1.82, 2.24) is 15.5 Å². The Morgan fingerprint density at radius 3 is 2.71 bits per heavy atom. The van der Waals surface area contributed by atoms with Gasteiger partial charge in [0, 0.05) is 12.6 Å². The average molecular weight is 338 g/mol. The first-order chi connectivity index (χ1) is 9.91. The zero-order valence-corrected chi connectivity index (χ0v) is 13.9. The highest BCUT2D eigenvalue weighted by Gasteiger charge is 2.37. The fourth-order valence-corrected chi connectivity index (χ4v) is 5.66. The van der Waals surface area contributed by atoms with Crippen molar-refractivity contribution < 1.29 is 13.2 Å². The first-order valence-electron chi connectivity index (χ1n) is 7.44. The summed E-state index contributed by atoms with van der Waals surface area (Å²) in [5.74, 6) is -0.232. The van der Waals surface area contributed by atoms with Gasteiger partial charge in [-0.2, -0.15) is 0 Å². The zero-order valence-electron chi connectivity index (χ0n) is 12.3. The number of nitrogens with one attached hydrogen (secondary N) is 2. The first kappa shape index (κ1) is 17.0. The molecule has 1 amide bonds. The number of carbonyl (C=O) groups excluding carboxylic acids is 1. The Balaban J connectivity index is 1.86. The van der Waals surface area contributed by atoms with Gasteiger partial charge in [0.1, 0.15) is 0 Å². The number of halogens is 1. The molecule has 6 nitrogen and oxygen atoms in total. The molecular formula is C13H24ClN3O3S. The summed E-state index contributed by atoms with van der Waals surface area (Å²) in [6.07, 6.45) is 3.38. The minimum atomic E-state index is -3.11. The van der Waals surface area contributed by atoms with E-state index in [1.807, 2.05) is 7.05 Å². The van der Waals surface area contributed by atoms with Gasteiger partial charge < -0.3 is 10.6 Å². The molecule has 0 aliphatic carbocycles. The number of alkyl halides is 1. The monoisotopic (exact) mass is 337 g/mol. The maximum atomic E-state index is 12.1. The number of rotatable bonds is 5. The molecule has 122 valence electrons. The van der Waals surface area contributed by atoms with E-state index in [9.17, 15) is 13.2 Å². The third-order valence-electron chi connectivity index (χ3n) is 4.17. The van der Waals surface area contributed by atoms with Crippen LogP contribution in [0.25, 0.3) is 0 Å². The molecule has 0 radical (unpaired) electrons. The van der Waals surface area contributed by atoms with E-state index in [1.54, 1.807) is 0 Å². The number of piperidine rings is 1. The molecule has 2 saturated heterocycles. The van der Waals surface area contributed by atoms with Crippen molar-refractivity contribution in [1.29, 1.82) is 0 Å². The molecule has 0 spiro atoms. The quantitative estimate of drug-likeness (QED) is 0.666. The van der Waals surface area contributed by atoms with Crippen molar-refractivity contribution in [2.75, 3.05) is 38.2 Å². The Hall–Kier alpha value is -0.370. The van der Waals surface area contributed by atoms with Crippen LogP contribution in [0.2, 0.25) is 0 Å². The molecule has 0 aromatic carbocycles. The minimum absolute atomic E-state index is 0.0488. The zero-order chi connectivity index (χ0) is 15.5. The molecule has 0 saturated carbocycles. The van der Waals surface area contributed by atoms with Crippen molar-refractivity contribution in [2.24, 2.45) is 0 Å². The predicted octanol–water partition coefficient (Wildman–Crippen LogP) is -0.419. The van der Waals surface area contributed by atoms with E-state index >= 15 is 0 Å². The van der Waals surface area contributed by atoms with Gasteiger partial charge >= 0.3 is 0 Å². The van der Waals surface area contributed by atoms with Crippen LogP contribution in [0.15, 0.2) is 0 Å². The maximum Gasteiger partial charge on any atom is 0.234 e. The summed E-state index contributed by atoms with van der Waals surface area (Å²) >= 11 is 6.01. The molecule has 2 N–H and O–H groups in total. The number of carbonyl (C=O) groups is 1. The van der Waals surface area contributed by atoms with Gasteiger partial charge in [-0.3, -0.25) is 9.69 Å². The number of likely N-dealkylation sites (tertiary alicyclic amines) is 1. The van der Waals surface area contributed by atoms with E-state index in [0.29, 0.717) is 12.6 Å². The molecule has 2 fully saturated rings. The first-order valence-corrected chi connectivity index (χ1v) is 9.69. The van der Waals surface area contributed by atoms with Crippen LogP contribution < -0.4 is 10.6 Å².